The third-order valence-corrected chi connectivity index (χ3v) is 3.35. The molecule has 1 aromatic carbocycles. The van der Waals surface area contributed by atoms with Gasteiger partial charge in [0, 0.05) is 19.6 Å². The number of esters is 2. The van der Waals surface area contributed by atoms with Crippen molar-refractivity contribution in [1.82, 2.24) is 4.90 Å². The summed E-state index contributed by atoms with van der Waals surface area (Å²) in [6.45, 7) is 1.68. The van der Waals surface area contributed by atoms with Crippen LogP contribution < -0.4 is 0 Å². The van der Waals surface area contributed by atoms with E-state index in [2.05, 4.69) is 9.47 Å². The fourth-order valence-electron chi connectivity index (χ4n) is 1.98. The van der Waals surface area contributed by atoms with Crippen LogP contribution in [-0.2, 0) is 25.5 Å². The van der Waals surface area contributed by atoms with Gasteiger partial charge < -0.3 is 14.4 Å². The zero-order valence-electron chi connectivity index (χ0n) is 13.0. The predicted molar refractivity (Wildman–Crippen MR) is 79.8 cm³/mol. The largest absolute Gasteiger partial charge is 0.469 e. The number of halogens is 1. The Morgan fingerprint density at radius 2 is 1.45 bits per heavy atom. The van der Waals surface area contributed by atoms with E-state index >= 15 is 0 Å². The van der Waals surface area contributed by atoms with E-state index < -0.39 is 0 Å². The van der Waals surface area contributed by atoms with Crippen molar-refractivity contribution >= 4 is 11.9 Å². The number of rotatable bonds is 9. The van der Waals surface area contributed by atoms with Gasteiger partial charge >= 0.3 is 11.9 Å². The molecular weight excluding hydrogens is 289 g/mol. The first-order valence-corrected chi connectivity index (χ1v) is 7.15. The summed E-state index contributed by atoms with van der Waals surface area (Å²) >= 11 is 0. The van der Waals surface area contributed by atoms with Crippen molar-refractivity contribution in [1.29, 1.82) is 0 Å². The minimum absolute atomic E-state index is 0.265. The third-order valence-electron chi connectivity index (χ3n) is 3.35. The Kier molecular flexibility index (Phi) is 8.14. The lowest BCUT2D eigenvalue weighted by molar-refractivity contribution is -0.141. The van der Waals surface area contributed by atoms with Crippen molar-refractivity contribution in [3.05, 3.63) is 35.6 Å². The van der Waals surface area contributed by atoms with E-state index in [0.717, 1.165) is 5.56 Å². The molecule has 1 rings (SSSR count). The van der Waals surface area contributed by atoms with E-state index in [1.165, 1.54) is 26.4 Å². The maximum absolute atomic E-state index is 12.9. The predicted octanol–water partition coefficient (Wildman–Crippen LogP) is 1.80. The molecule has 0 radical (unpaired) electrons. The van der Waals surface area contributed by atoms with Gasteiger partial charge in [-0.05, 0) is 24.1 Å². The van der Waals surface area contributed by atoms with Crippen LogP contribution in [0.25, 0.3) is 0 Å². The third kappa shape index (κ3) is 7.17. The highest BCUT2D eigenvalue weighted by Crippen LogP contribution is 2.06. The number of hydrogen-bond donors (Lipinski definition) is 0. The lowest BCUT2D eigenvalue weighted by Gasteiger charge is -2.21. The van der Waals surface area contributed by atoms with Gasteiger partial charge in [-0.2, -0.15) is 0 Å². The molecule has 0 amide bonds. The zero-order chi connectivity index (χ0) is 16.4. The van der Waals surface area contributed by atoms with E-state index in [1.54, 1.807) is 12.1 Å². The highest BCUT2D eigenvalue weighted by Gasteiger charge is 2.11. The number of carbonyl (C=O) groups is 2. The van der Waals surface area contributed by atoms with E-state index in [0.29, 0.717) is 26.1 Å². The number of ether oxygens (including phenoxy) is 2. The SMILES string of the molecule is COC(=O)CCN(CCC(=O)OC)CCc1ccc(F)cc1. The second-order valence-electron chi connectivity index (χ2n) is 4.87. The summed E-state index contributed by atoms with van der Waals surface area (Å²) in [7, 11) is 2.69. The van der Waals surface area contributed by atoms with E-state index in [4.69, 9.17) is 0 Å². The zero-order valence-corrected chi connectivity index (χ0v) is 13.0. The molecule has 0 saturated heterocycles. The van der Waals surface area contributed by atoms with Gasteiger partial charge in [0.15, 0.2) is 0 Å². The molecule has 0 aliphatic carbocycles. The molecule has 0 N–H and O–H groups in total. The van der Waals surface area contributed by atoms with Crippen molar-refractivity contribution in [2.24, 2.45) is 0 Å². The van der Waals surface area contributed by atoms with Gasteiger partial charge in [0.25, 0.3) is 0 Å². The summed E-state index contributed by atoms with van der Waals surface area (Å²) in [5, 5.41) is 0. The van der Waals surface area contributed by atoms with Crippen molar-refractivity contribution in [3.8, 4) is 0 Å². The van der Waals surface area contributed by atoms with Crippen LogP contribution >= 0.6 is 0 Å². The molecule has 0 spiro atoms. The molecule has 22 heavy (non-hydrogen) atoms. The maximum Gasteiger partial charge on any atom is 0.306 e. The Hall–Kier alpha value is -1.95. The first-order valence-electron chi connectivity index (χ1n) is 7.15. The van der Waals surface area contributed by atoms with E-state index in [-0.39, 0.29) is 30.6 Å². The molecule has 0 bridgehead atoms. The Bertz CT molecular complexity index is 456. The summed E-state index contributed by atoms with van der Waals surface area (Å²) in [5.41, 5.74) is 1.00. The monoisotopic (exact) mass is 311 g/mol. The topological polar surface area (TPSA) is 55.8 Å². The molecule has 122 valence electrons. The van der Waals surface area contributed by atoms with E-state index in [9.17, 15) is 14.0 Å². The molecule has 0 heterocycles. The van der Waals surface area contributed by atoms with Gasteiger partial charge in [-0.1, -0.05) is 12.1 Å². The summed E-state index contributed by atoms with van der Waals surface area (Å²) < 4.78 is 22.1. The Balaban J connectivity index is 2.49. The van der Waals surface area contributed by atoms with Gasteiger partial charge in [0.2, 0.25) is 0 Å². The van der Waals surface area contributed by atoms with Crippen molar-refractivity contribution in [3.63, 3.8) is 0 Å². The second-order valence-corrected chi connectivity index (χ2v) is 4.87. The summed E-state index contributed by atoms with van der Waals surface area (Å²) in [6.07, 6.45) is 1.24. The minimum atomic E-state index is -0.287. The van der Waals surface area contributed by atoms with Crippen LogP contribution in [-0.4, -0.2) is 50.7 Å². The molecule has 0 aliphatic rings. The van der Waals surface area contributed by atoms with Gasteiger partial charge in [0.05, 0.1) is 27.1 Å². The molecule has 0 saturated carbocycles. The molecule has 5 nitrogen and oxygen atoms in total. The van der Waals surface area contributed by atoms with Crippen molar-refractivity contribution < 1.29 is 23.5 Å². The van der Waals surface area contributed by atoms with Gasteiger partial charge in [-0.15, -0.1) is 0 Å². The number of methoxy groups -OCH3 is 2. The Morgan fingerprint density at radius 1 is 0.955 bits per heavy atom. The van der Waals surface area contributed by atoms with Crippen LogP contribution in [0.4, 0.5) is 4.39 Å². The van der Waals surface area contributed by atoms with Crippen LogP contribution in [0.3, 0.4) is 0 Å². The minimum Gasteiger partial charge on any atom is -0.469 e. The second kappa shape index (κ2) is 9.89. The van der Waals surface area contributed by atoms with Crippen LogP contribution in [0, 0.1) is 5.82 Å². The van der Waals surface area contributed by atoms with Gasteiger partial charge in [-0.25, -0.2) is 4.39 Å². The molecule has 0 unspecified atom stereocenters. The standard InChI is InChI=1S/C16H22FNO4/c1-21-15(19)8-11-18(12-9-16(20)22-2)10-7-13-3-5-14(17)6-4-13/h3-6H,7-12H2,1-2H3. The fraction of sp³-hybridized carbons (Fsp3) is 0.500. The average Bonchev–Trinajstić information content (AvgIpc) is 2.54. The normalized spacial score (nSPS) is 10.5. The number of carbonyl (C=O) groups excluding carboxylic acids is 2. The van der Waals surface area contributed by atoms with Crippen molar-refractivity contribution in [2.45, 2.75) is 19.3 Å². The smallest absolute Gasteiger partial charge is 0.306 e. The highest BCUT2D eigenvalue weighted by molar-refractivity contribution is 5.70. The summed E-state index contributed by atoms with van der Waals surface area (Å²) in [6, 6.07) is 6.30. The van der Waals surface area contributed by atoms with Crippen LogP contribution in [0.15, 0.2) is 24.3 Å². The fourth-order valence-corrected chi connectivity index (χ4v) is 1.98. The van der Waals surface area contributed by atoms with Gasteiger partial charge in [0.1, 0.15) is 5.82 Å². The maximum atomic E-state index is 12.9. The molecular formula is C16H22FNO4. The quantitative estimate of drug-likeness (QED) is 0.651. The number of benzene rings is 1. The van der Waals surface area contributed by atoms with Gasteiger partial charge in [-0.3, -0.25) is 9.59 Å². The molecule has 0 aliphatic heterocycles. The lowest BCUT2D eigenvalue weighted by atomic mass is 10.1. The van der Waals surface area contributed by atoms with Crippen LogP contribution in [0.2, 0.25) is 0 Å². The number of nitrogens with zero attached hydrogens (tertiary/aromatic N) is 1. The first kappa shape index (κ1) is 18.1. The molecule has 0 atom stereocenters. The lowest BCUT2D eigenvalue weighted by Crippen LogP contribution is -2.31. The van der Waals surface area contributed by atoms with Crippen molar-refractivity contribution in [2.75, 3.05) is 33.9 Å². The van der Waals surface area contributed by atoms with E-state index in [1.807, 2.05) is 4.90 Å². The first-order chi connectivity index (χ1) is 10.5. The summed E-state index contributed by atoms with van der Waals surface area (Å²) in [5.74, 6) is -0.841. The molecule has 6 heteroatoms. The molecule has 1 aromatic rings. The van der Waals surface area contributed by atoms with Crippen LogP contribution in [0.5, 0.6) is 0 Å². The number of hydrogen-bond acceptors (Lipinski definition) is 5. The summed E-state index contributed by atoms with van der Waals surface area (Å²) in [4.78, 5) is 24.5. The molecule has 0 fully saturated rings. The highest BCUT2D eigenvalue weighted by atomic mass is 19.1. The Morgan fingerprint density at radius 3 is 1.91 bits per heavy atom. The Labute approximate surface area is 130 Å². The molecule has 0 aromatic heterocycles. The average molecular weight is 311 g/mol. The van der Waals surface area contributed by atoms with Crippen LogP contribution in [0.1, 0.15) is 18.4 Å².